The summed E-state index contributed by atoms with van der Waals surface area (Å²) in [5.74, 6) is 0.520. The second kappa shape index (κ2) is 9.49. The Kier molecular flexibility index (Phi) is 9.18. The summed E-state index contributed by atoms with van der Waals surface area (Å²) in [7, 11) is 0. The average molecular weight is 262 g/mol. The molecule has 3 atom stereocenters. The zero-order valence-electron chi connectivity index (χ0n) is 10.8. The van der Waals surface area contributed by atoms with Gasteiger partial charge in [-0.2, -0.15) is 0 Å². The zero-order chi connectivity index (χ0) is 13.3. The quantitative estimate of drug-likeness (QED) is 0.495. The van der Waals surface area contributed by atoms with Crippen molar-refractivity contribution in [1.82, 2.24) is 5.32 Å². The molecule has 0 aliphatic rings. The summed E-state index contributed by atoms with van der Waals surface area (Å²) in [6.45, 7) is 7.58. The molecule has 1 amide bonds. The van der Waals surface area contributed by atoms with E-state index < -0.39 is 6.10 Å². The number of hydrogen-bond acceptors (Lipinski definition) is 2. The van der Waals surface area contributed by atoms with E-state index in [9.17, 15) is 9.90 Å². The third kappa shape index (κ3) is 7.40. The molecule has 0 aliphatic carbocycles. The third-order valence-electron chi connectivity index (χ3n) is 2.81. The Labute approximate surface area is 109 Å². The van der Waals surface area contributed by atoms with Crippen molar-refractivity contribution < 1.29 is 9.90 Å². The topological polar surface area (TPSA) is 49.3 Å². The van der Waals surface area contributed by atoms with Gasteiger partial charge in [0.05, 0.1) is 18.0 Å². The maximum atomic E-state index is 11.4. The van der Waals surface area contributed by atoms with E-state index in [0.717, 1.165) is 19.3 Å². The highest BCUT2D eigenvalue weighted by Crippen LogP contribution is 2.16. The Morgan fingerprint density at radius 2 is 2.24 bits per heavy atom. The number of carbonyl (C=O) groups excluding carboxylic acids is 1. The monoisotopic (exact) mass is 261 g/mol. The van der Waals surface area contributed by atoms with Crippen molar-refractivity contribution in [1.29, 1.82) is 0 Å². The molecule has 0 saturated heterocycles. The Hall–Kier alpha value is -0.540. The molecule has 4 heteroatoms. The molecule has 3 nitrogen and oxygen atoms in total. The highest BCUT2D eigenvalue weighted by Gasteiger charge is 2.22. The molecule has 0 rings (SSSR count). The number of halogens is 1. The van der Waals surface area contributed by atoms with Crippen LogP contribution in [0.2, 0.25) is 0 Å². The Balaban J connectivity index is 4.26. The third-order valence-corrected chi connectivity index (χ3v) is 3.13. The summed E-state index contributed by atoms with van der Waals surface area (Å²) in [6.07, 6.45) is 4.33. The van der Waals surface area contributed by atoms with Crippen molar-refractivity contribution in [2.24, 2.45) is 5.92 Å². The molecule has 0 radical (unpaired) electrons. The van der Waals surface area contributed by atoms with E-state index in [4.69, 9.17) is 11.6 Å². The highest BCUT2D eigenvalue weighted by molar-refractivity contribution is 6.18. The minimum atomic E-state index is -0.682. The average Bonchev–Trinajstić information content (AvgIpc) is 2.34. The predicted octanol–water partition coefficient (Wildman–Crippen LogP) is 2.47. The van der Waals surface area contributed by atoms with Crippen LogP contribution in [-0.2, 0) is 4.79 Å². The molecule has 0 aliphatic heterocycles. The van der Waals surface area contributed by atoms with Crippen molar-refractivity contribution in [2.45, 2.75) is 51.7 Å². The van der Waals surface area contributed by atoms with Crippen molar-refractivity contribution in [2.75, 3.05) is 5.88 Å². The highest BCUT2D eigenvalue weighted by atomic mass is 35.5. The fraction of sp³-hybridized carbons (Fsp3) is 0.769. The van der Waals surface area contributed by atoms with Crippen molar-refractivity contribution in [3.63, 3.8) is 0 Å². The number of allylic oxidation sites excluding steroid dienone is 1. The van der Waals surface area contributed by atoms with Gasteiger partial charge in [0.15, 0.2) is 0 Å². The molecule has 0 bridgehead atoms. The molecule has 0 fully saturated rings. The van der Waals surface area contributed by atoms with Crippen molar-refractivity contribution >= 4 is 17.5 Å². The van der Waals surface area contributed by atoms with Gasteiger partial charge in [-0.15, -0.1) is 18.2 Å². The van der Waals surface area contributed by atoms with E-state index in [0.29, 0.717) is 12.3 Å². The second-order valence-corrected chi connectivity index (χ2v) is 4.76. The van der Waals surface area contributed by atoms with Gasteiger partial charge in [0.1, 0.15) is 0 Å². The van der Waals surface area contributed by atoms with E-state index in [1.54, 1.807) is 6.92 Å². The lowest BCUT2D eigenvalue weighted by Gasteiger charge is -2.25. The molecular formula is C13H24ClNO2. The number of hydrogen-bond donors (Lipinski definition) is 2. The van der Waals surface area contributed by atoms with Gasteiger partial charge >= 0.3 is 0 Å². The van der Waals surface area contributed by atoms with E-state index >= 15 is 0 Å². The Morgan fingerprint density at radius 3 is 2.71 bits per heavy atom. The standard InChI is InChI=1S/C13H24ClNO2/c1-4-6-7-10(3)8-11(12(16)9-14)15-13(17)5-2/h4,10-12,16H,1,5-9H2,2-3H3,(H,15,17)/t10-,11-,12+/m0/s1. The van der Waals surface area contributed by atoms with Crippen LogP contribution in [-0.4, -0.2) is 29.0 Å². The summed E-state index contributed by atoms with van der Waals surface area (Å²) in [6, 6.07) is -0.250. The number of rotatable bonds is 9. The summed E-state index contributed by atoms with van der Waals surface area (Å²) in [5.41, 5.74) is 0. The van der Waals surface area contributed by atoms with Gasteiger partial charge in [-0.25, -0.2) is 0 Å². The molecule has 0 saturated carbocycles. The first kappa shape index (κ1) is 16.5. The summed E-state index contributed by atoms with van der Waals surface area (Å²) in [4.78, 5) is 11.4. The van der Waals surface area contributed by atoms with Gasteiger partial charge in [0.2, 0.25) is 5.91 Å². The molecule has 2 N–H and O–H groups in total. The fourth-order valence-corrected chi connectivity index (χ4v) is 1.90. The number of alkyl halides is 1. The predicted molar refractivity (Wildman–Crippen MR) is 72.2 cm³/mol. The summed E-state index contributed by atoms with van der Waals surface area (Å²) >= 11 is 5.64. The maximum Gasteiger partial charge on any atom is 0.220 e. The van der Waals surface area contributed by atoms with Crippen LogP contribution in [0, 0.1) is 5.92 Å². The first-order valence-corrected chi connectivity index (χ1v) is 6.72. The lowest BCUT2D eigenvalue weighted by atomic mass is 9.94. The number of nitrogens with one attached hydrogen (secondary N) is 1. The van der Waals surface area contributed by atoms with E-state index in [1.165, 1.54) is 0 Å². The lowest BCUT2D eigenvalue weighted by Crippen LogP contribution is -2.44. The minimum absolute atomic E-state index is 0.0462. The molecule has 0 heterocycles. The SMILES string of the molecule is C=CCC[C@H](C)C[C@H](NC(=O)CC)[C@H](O)CCl. The summed E-state index contributed by atoms with van der Waals surface area (Å²) in [5, 5.41) is 12.6. The molecule has 17 heavy (non-hydrogen) atoms. The molecule has 0 spiro atoms. The maximum absolute atomic E-state index is 11.4. The molecule has 0 unspecified atom stereocenters. The van der Waals surface area contributed by atoms with Crippen LogP contribution in [0.4, 0.5) is 0 Å². The molecular weight excluding hydrogens is 238 g/mol. The van der Waals surface area contributed by atoms with E-state index in [1.807, 2.05) is 6.08 Å². The lowest BCUT2D eigenvalue weighted by molar-refractivity contribution is -0.122. The normalized spacial score (nSPS) is 16.0. The van der Waals surface area contributed by atoms with Gasteiger partial charge < -0.3 is 10.4 Å². The number of aliphatic hydroxyl groups is 1. The van der Waals surface area contributed by atoms with E-state index in [-0.39, 0.29) is 17.8 Å². The number of amides is 1. The van der Waals surface area contributed by atoms with Gasteiger partial charge in [-0.05, 0) is 25.2 Å². The van der Waals surface area contributed by atoms with Crippen LogP contribution >= 0.6 is 11.6 Å². The van der Waals surface area contributed by atoms with Crippen molar-refractivity contribution in [3.8, 4) is 0 Å². The second-order valence-electron chi connectivity index (χ2n) is 4.46. The van der Waals surface area contributed by atoms with Gasteiger partial charge in [-0.1, -0.05) is 19.9 Å². The van der Waals surface area contributed by atoms with Crippen LogP contribution in [0.5, 0.6) is 0 Å². The smallest absolute Gasteiger partial charge is 0.220 e. The number of carbonyl (C=O) groups is 1. The van der Waals surface area contributed by atoms with E-state index in [2.05, 4.69) is 18.8 Å². The van der Waals surface area contributed by atoms with Crippen molar-refractivity contribution in [3.05, 3.63) is 12.7 Å². The largest absolute Gasteiger partial charge is 0.390 e. The van der Waals surface area contributed by atoms with Crippen LogP contribution in [0.15, 0.2) is 12.7 Å². The molecule has 100 valence electrons. The van der Waals surface area contributed by atoms with Gasteiger partial charge in [0.25, 0.3) is 0 Å². The fourth-order valence-electron chi connectivity index (χ4n) is 1.68. The number of aliphatic hydroxyl groups excluding tert-OH is 1. The van der Waals surface area contributed by atoms with Crippen LogP contribution < -0.4 is 5.32 Å². The van der Waals surface area contributed by atoms with Crippen LogP contribution in [0.3, 0.4) is 0 Å². The van der Waals surface area contributed by atoms with Crippen LogP contribution in [0.25, 0.3) is 0 Å². The molecule has 0 aromatic carbocycles. The minimum Gasteiger partial charge on any atom is -0.390 e. The molecule has 0 aromatic rings. The zero-order valence-corrected chi connectivity index (χ0v) is 11.5. The Bertz CT molecular complexity index is 233. The van der Waals surface area contributed by atoms with Crippen LogP contribution in [0.1, 0.15) is 39.5 Å². The van der Waals surface area contributed by atoms with Gasteiger partial charge in [0, 0.05) is 6.42 Å². The summed E-state index contributed by atoms with van der Waals surface area (Å²) < 4.78 is 0. The first-order valence-electron chi connectivity index (χ1n) is 6.19. The first-order chi connectivity index (χ1) is 8.04. The Morgan fingerprint density at radius 1 is 1.59 bits per heavy atom. The van der Waals surface area contributed by atoms with Gasteiger partial charge in [-0.3, -0.25) is 4.79 Å². The molecule has 0 aromatic heterocycles.